The molecule has 1 aliphatic heterocycles. The minimum absolute atomic E-state index is 0.326. The van der Waals surface area contributed by atoms with Crippen molar-refractivity contribution < 1.29 is 9.31 Å². The van der Waals surface area contributed by atoms with E-state index < -0.39 is 0 Å². The molecule has 0 N–H and O–H groups in total. The van der Waals surface area contributed by atoms with Crippen molar-refractivity contribution in [1.82, 2.24) is 9.78 Å². The molecule has 2 heterocycles. The predicted octanol–water partition coefficient (Wildman–Crippen LogP) is 1.94. The Kier molecular flexibility index (Phi) is 3.31. The van der Waals surface area contributed by atoms with Gasteiger partial charge in [0, 0.05) is 26.5 Å². The Bertz CT molecular complexity index is 705. The van der Waals surface area contributed by atoms with Gasteiger partial charge < -0.3 is 14.2 Å². The maximum atomic E-state index is 6.13. The van der Waals surface area contributed by atoms with Crippen molar-refractivity contribution in [1.29, 1.82) is 0 Å². The van der Waals surface area contributed by atoms with Crippen molar-refractivity contribution in [2.75, 3.05) is 19.0 Å². The van der Waals surface area contributed by atoms with E-state index in [1.165, 1.54) is 0 Å². The van der Waals surface area contributed by atoms with E-state index in [0.29, 0.717) is 0 Å². The molecular weight excluding hydrogens is 277 g/mol. The highest BCUT2D eigenvalue weighted by molar-refractivity contribution is 6.62. The summed E-state index contributed by atoms with van der Waals surface area (Å²) in [4.78, 5) is 2.02. The molecule has 0 bridgehead atoms. The highest BCUT2D eigenvalue weighted by Gasteiger charge is 2.51. The van der Waals surface area contributed by atoms with Crippen LogP contribution in [0.15, 0.2) is 18.2 Å². The largest absolute Gasteiger partial charge is 0.494 e. The average Bonchev–Trinajstić information content (AvgIpc) is 2.84. The van der Waals surface area contributed by atoms with Crippen LogP contribution in [0.5, 0.6) is 0 Å². The molecule has 3 rings (SSSR count). The molecule has 1 aliphatic rings. The van der Waals surface area contributed by atoms with E-state index in [0.717, 1.165) is 22.2 Å². The second-order valence-corrected chi connectivity index (χ2v) is 7.21. The predicted molar refractivity (Wildman–Crippen MR) is 90.8 cm³/mol. The normalized spacial score (nSPS) is 19.9. The minimum Gasteiger partial charge on any atom is -0.399 e. The minimum atomic E-state index is -0.341. The molecule has 1 aromatic heterocycles. The SMILES string of the molecule is CN(C)c1nn(C)c2cc(B3OC(C)(C)C(C)(C)O3)ccc12. The fraction of sp³-hybridized carbons (Fsp3) is 0.562. The van der Waals surface area contributed by atoms with E-state index in [4.69, 9.17) is 9.31 Å². The lowest BCUT2D eigenvalue weighted by Crippen LogP contribution is -2.41. The fourth-order valence-corrected chi connectivity index (χ4v) is 2.71. The third-order valence-electron chi connectivity index (χ3n) is 4.81. The van der Waals surface area contributed by atoms with Crippen LogP contribution in [-0.4, -0.2) is 42.2 Å². The van der Waals surface area contributed by atoms with E-state index >= 15 is 0 Å². The van der Waals surface area contributed by atoms with E-state index in [9.17, 15) is 0 Å². The van der Waals surface area contributed by atoms with Crippen LogP contribution in [0.2, 0.25) is 0 Å². The number of nitrogens with zero attached hydrogens (tertiary/aromatic N) is 3. The molecule has 6 heteroatoms. The van der Waals surface area contributed by atoms with Gasteiger partial charge in [-0.15, -0.1) is 0 Å². The molecule has 0 amide bonds. The van der Waals surface area contributed by atoms with Crippen molar-refractivity contribution in [2.24, 2.45) is 7.05 Å². The van der Waals surface area contributed by atoms with Gasteiger partial charge >= 0.3 is 7.12 Å². The highest BCUT2D eigenvalue weighted by Crippen LogP contribution is 2.36. The maximum Gasteiger partial charge on any atom is 0.494 e. The zero-order valence-electron chi connectivity index (χ0n) is 14.5. The topological polar surface area (TPSA) is 39.5 Å². The summed E-state index contributed by atoms with van der Waals surface area (Å²) >= 11 is 0. The van der Waals surface area contributed by atoms with Crippen molar-refractivity contribution in [3.63, 3.8) is 0 Å². The second kappa shape index (κ2) is 4.73. The van der Waals surface area contributed by atoms with Gasteiger partial charge in [-0.2, -0.15) is 5.10 Å². The first-order valence-corrected chi connectivity index (χ1v) is 7.62. The molecule has 1 saturated heterocycles. The first-order valence-electron chi connectivity index (χ1n) is 7.62. The lowest BCUT2D eigenvalue weighted by molar-refractivity contribution is 0.00578. The van der Waals surface area contributed by atoms with Crippen molar-refractivity contribution in [2.45, 2.75) is 38.9 Å². The lowest BCUT2D eigenvalue weighted by Gasteiger charge is -2.32. The molecule has 0 saturated carbocycles. The second-order valence-electron chi connectivity index (χ2n) is 7.21. The van der Waals surface area contributed by atoms with Crippen molar-refractivity contribution in [3.05, 3.63) is 18.2 Å². The van der Waals surface area contributed by atoms with Crippen molar-refractivity contribution >= 4 is 29.3 Å². The summed E-state index contributed by atoms with van der Waals surface area (Å²) < 4.78 is 14.2. The lowest BCUT2D eigenvalue weighted by atomic mass is 9.79. The fourth-order valence-electron chi connectivity index (χ4n) is 2.71. The number of fused-ring (bicyclic) bond motifs is 1. The van der Waals surface area contributed by atoms with Crippen LogP contribution in [0.4, 0.5) is 5.82 Å². The Balaban J connectivity index is 2.02. The first kappa shape index (κ1) is 15.4. The summed E-state index contributed by atoms with van der Waals surface area (Å²) in [6.45, 7) is 8.28. The quantitative estimate of drug-likeness (QED) is 0.795. The summed E-state index contributed by atoms with van der Waals surface area (Å²) in [5.74, 6) is 0.970. The van der Waals surface area contributed by atoms with E-state index in [1.54, 1.807) is 0 Å². The number of benzene rings is 1. The van der Waals surface area contributed by atoms with Crippen LogP contribution in [0, 0.1) is 0 Å². The molecule has 0 unspecified atom stereocenters. The molecule has 0 aliphatic carbocycles. The summed E-state index contributed by atoms with van der Waals surface area (Å²) in [7, 11) is 5.63. The van der Waals surface area contributed by atoms with Gasteiger partial charge in [0.25, 0.3) is 0 Å². The van der Waals surface area contributed by atoms with E-state index in [2.05, 4.69) is 51.0 Å². The Labute approximate surface area is 132 Å². The van der Waals surface area contributed by atoms with Gasteiger partial charge in [0.15, 0.2) is 5.82 Å². The monoisotopic (exact) mass is 301 g/mol. The zero-order valence-corrected chi connectivity index (χ0v) is 14.5. The summed E-state index contributed by atoms with van der Waals surface area (Å²) in [6, 6.07) is 6.27. The van der Waals surface area contributed by atoms with Gasteiger partial charge in [-0.05, 0) is 45.3 Å². The Hall–Kier alpha value is -1.53. The number of aromatic nitrogens is 2. The van der Waals surface area contributed by atoms with Crippen LogP contribution < -0.4 is 10.4 Å². The number of aryl methyl sites for hydroxylation is 1. The highest BCUT2D eigenvalue weighted by atomic mass is 16.7. The van der Waals surface area contributed by atoms with Crippen LogP contribution in [0.25, 0.3) is 10.9 Å². The molecular formula is C16H24BN3O2. The van der Waals surface area contributed by atoms with Crippen LogP contribution >= 0.6 is 0 Å². The molecule has 0 atom stereocenters. The van der Waals surface area contributed by atoms with Crippen LogP contribution in [0.3, 0.4) is 0 Å². The number of hydrogen-bond acceptors (Lipinski definition) is 4. The molecule has 118 valence electrons. The maximum absolute atomic E-state index is 6.13. The van der Waals surface area contributed by atoms with Crippen LogP contribution in [-0.2, 0) is 16.4 Å². The van der Waals surface area contributed by atoms with Gasteiger partial charge in [0.05, 0.1) is 16.7 Å². The summed E-state index contributed by atoms with van der Waals surface area (Å²) in [5.41, 5.74) is 1.46. The molecule has 22 heavy (non-hydrogen) atoms. The smallest absolute Gasteiger partial charge is 0.399 e. The van der Waals surface area contributed by atoms with E-state index in [1.807, 2.05) is 30.7 Å². The van der Waals surface area contributed by atoms with Gasteiger partial charge in [-0.1, -0.05) is 6.07 Å². The third-order valence-corrected chi connectivity index (χ3v) is 4.81. The number of rotatable bonds is 2. The molecule has 1 fully saturated rings. The number of hydrogen-bond donors (Lipinski definition) is 0. The Morgan fingerprint density at radius 2 is 1.68 bits per heavy atom. The first-order chi connectivity index (χ1) is 10.1. The number of anilines is 1. The van der Waals surface area contributed by atoms with Gasteiger partial charge in [0.2, 0.25) is 0 Å². The van der Waals surface area contributed by atoms with Gasteiger partial charge in [0.1, 0.15) is 0 Å². The Morgan fingerprint density at radius 1 is 1.09 bits per heavy atom. The molecule has 1 aromatic carbocycles. The summed E-state index contributed by atoms with van der Waals surface area (Å²) in [6.07, 6.45) is 0. The molecule has 5 nitrogen and oxygen atoms in total. The third kappa shape index (κ3) is 2.21. The zero-order chi connectivity index (χ0) is 16.3. The van der Waals surface area contributed by atoms with E-state index in [-0.39, 0.29) is 18.3 Å². The van der Waals surface area contributed by atoms with Crippen molar-refractivity contribution in [3.8, 4) is 0 Å². The average molecular weight is 301 g/mol. The van der Waals surface area contributed by atoms with Gasteiger partial charge in [-0.25, -0.2) is 0 Å². The Morgan fingerprint density at radius 3 is 2.23 bits per heavy atom. The summed E-state index contributed by atoms with van der Waals surface area (Å²) in [5, 5.41) is 5.71. The molecule has 0 radical (unpaired) electrons. The standard InChI is InChI=1S/C16H24BN3O2/c1-15(2)16(3,4)22-17(21-15)11-8-9-12-13(10-11)20(7)18-14(12)19(5)6/h8-10H,1-7H3. The van der Waals surface area contributed by atoms with Crippen LogP contribution in [0.1, 0.15) is 27.7 Å². The molecule has 0 spiro atoms. The molecule has 2 aromatic rings. The van der Waals surface area contributed by atoms with Gasteiger partial charge in [-0.3, -0.25) is 4.68 Å².